The Morgan fingerprint density at radius 1 is 1.25 bits per heavy atom. The van der Waals surface area contributed by atoms with E-state index in [-0.39, 0.29) is 17.4 Å². The number of rotatable bonds is 4. The average molecular weight is 329 g/mol. The first kappa shape index (κ1) is 17.5. The number of esters is 1. The molecule has 24 heavy (non-hydrogen) atoms. The van der Waals surface area contributed by atoms with Crippen molar-refractivity contribution in [2.45, 2.75) is 66.1 Å². The number of nitrogens with zero attached hydrogens (tertiary/aromatic N) is 1. The highest BCUT2D eigenvalue weighted by Crippen LogP contribution is 2.59. The standard InChI is InChI=1S/C21H31NO2/c1-6-24-19(23)21(5)14-20(4)15(2)12-18(21)22(16(20)3)13-17-10-8-7-9-11-17/h7-11,15-16,18H,6,12-14H2,1-5H3. The molecule has 1 aromatic rings. The molecule has 132 valence electrons. The number of hydrogen-bond donors (Lipinski definition) is 0. The monoisotopic (exact) mass is 329 g/mol. The molecule has 1 aromatic carbocycles. The molecule has 2 aliphatic heterocycles. The Kier molecular flexibility index (Phi) is 4.50. The molecule has 0 amide bonds. The van der Waals surface area contributed by atoms with Crippen LogP contribution in [0.5, 0.6) is 0 Å². The molecule has 2 heterocycles. The first-order valence-electron chi connectivity index (χ1n) is 9.30. The van der Waals surface area contributed by atoms with E-state index in [1.165, 1.54) is 5.56 Å². The normalized spacial score (nSPS) is 39.0. The second-order valence-electron chi connectivity index (χ2n) is 8.31. The summed E-state index contributed by atoms with van der Waals surface area (Å²) >= 11 is 0. The summed E-state index contributed by atoms with van der Waals surface area (Å²) in [4.78, 5) is 15.4. The van der Waals surface area contributed by atoms with Crippen LogP contribution >= 0.6 is 0 Å². The van der Waals surface area contributed by atoms with E-state index in [9.17, 15) is 4.79 Å². The second-order valence-corrected chi connectivity index (χ2v) is 8.31. The highest BCUT2D eigenvalue weighted by Gasteiger charge is 2.63. The first-order chi connectivity index (χ1) is 11.3. The molecule has 0 radical (unpaired) electrons. The predicted octanol–water partition coefficient (Wildman–Crippen LogP) is 4.26. The SMILES string of the molecule is CCOC(=O)C1(C)CC2(C)C(C)CC1N(Cc1ccccc1)C2C. The predicted molar refractivity (Wildman–Crippen MR) is 96.5 cm³/mol. The van der Waals surface area contributed by atoms with Crippen molar-refractivity contribution in [3.05, 3.63) is 35.9 Å². The van der Waals surface area contributed by atoms with Crippen LogP contribution in [0.1, 0.15) is 53.0 Å². The molecule has 1 aliphatic carbocycles. The second kappa shape index (κ2) is 6.18. The summed E-state index contributed by atoms with van der Waals surface area (Å²) in [6.45, 7) is 12.5. The zero-order valence-corrected chi connectivity index (χ0v) is 15.7. The zero-order chi connectivity index (χ0) is 17.5. The van der Waals surface area contributed by atoms with E-state index in [0.717, 1.165) is 19.4 Å². The number of ether oxygens (including phenoxy) is 1. The zero-order valence-electron chi connectivity index (χ0n) is 15.7. The van der Waals surface area contributed by atoms with Crippen molar-refractivity contribution in [1.82, 2.24) is 4.90 Å². The van der Waals surface area contributed by atoms with Gasteiger partial charge >= 0.3 is 5.97 Å². The van der Waals surface area contributed by atoms with E-state index in [0.29, 0.717) is 18.6 Å². The molecule has 0 N–H and O–H groups in total. The van der Waals surface area contributed by atoms with Gasteiger partial charge in [-0.15, -0.1) is 0 Å². The Morgan fingerprint density at radius 2 is 1.92 bits per heavy atom. The van der Waals surface area contributed by atoms with Crippen molar-refractivity contribution >= 4 is 5.97 Å². The van der Waals surface area contributed by atoms with Crippen LogP contribution in [-0.4, -0.2) is 29.6 Å². The number of fused-ring (bicyclic) bond motifs is 3. The molecule has 0 spiro atoms. The summed E-state index contributed by atoms with van der Waals surface area (Å²) in [7, 11) is 0. The lowest BCUT2D eigenvalue weighted by molar-refractivity contribution is -0.198. The molecule has 3 nitrogen and oxygen atoms in total. The van der Waals surface area contributed by atoms with Gasteiger partial charge < -0.3 is 4.74 Å². The van der Waals surface area contributed by atoms with E-state index in [2.05, 4.69) is 62.9 Å². The maximum atomic E-state index is 12.8. The van der Waals surface area contributed by atoms with Crippen molar-refractivity contribution in [3.63, 3.8) is 0 Å². The van der Waals surface area contributed by atoms with Gasteiger partial charge in [-0.2, -0.15) is 0 Å². The fraction of sp³-hybridized carbons (Fsp3) is 0.667. The molecule has 4 rings (SSSR count). The summed E-state index contributed by atoms with van der Waals surface area (Å²) in [5.74, 6) is 0.616. The highest BCUT2D eigenvalue weighted by atomic mass is 16.5. The van der Waals surface area contributed by atoms with Crippen LogP contribution in [0.15, 0.2) is 30.3 Å². The Bertz CT molecular complexity index is 601. The number of benzene rings is 1. The van der Waals surface area contributed by atoms with Crippen LogP contribution in [0.4, 0.5) is 0 Å². The van der Waals surface area contributed by atoms with Crippen molar-refractivity contribution in [2.24, 2.45) is 16.7 Å². The number of piperidine rings is 2. The van der Waals surface area contributed by atoms with Crippen LogP contribution in [0.2, 0.25) is 0 Å². The molecule has 5 atom stereocenters. The minimum absolute atomic E-state index is 0.0157. The molecule has 2 saturated heterocycles. The largest absolute Gasteiger partial charge is 0.466 e. The van der Waals surface area contributed by atoms with Crippen molar-refractivity contribution in [3.8, 4) is 0 Å². The lowest BCUT2D eigenvalue weighted by Gasteiger charge is -2.65. The summed E-state index contributed by atoms with van der Waals surface area (Å²) in [5.41, 5.74) is 1.06. The van der Waals surface area contributed by atoms with Gasteiger partial charge in [0.25, 0.3) is 0 Å². The first-order valence-corrected chi connectivity index (χ1v) is 9.30. The van der Waals surface area contributed by atoms with Crippen LogP contribution in [-0.2, 0) is 16.1 Å². The topological polar surface area (TPSA) is 29.5 Å². The van der Waals surface area contributed by atoms with Gasteiger partial charge in [0.15, 0.2) is 0 Å². The minimum Gasteiger partial charge on any atom is -0.466 e. The number of hydrogen-bond acceptors (Lipinski definition) is 3. The summed E-state index contributed by atoms with van der Waals surface area (Å²) in [5, 5.41) is 0. The lowest BCUT2D eigenvalue weighted by atomic mass is 9.50. The van der Waals surface area contributed by atoms with Crippen molar-refractivity contribution in [2.75, 3.05) is 6.61 Å². The number of carbonyl (C=O) groups excluding carboxylic acids is 1. The minimum atomic E-state index is -0.404. The lowest BCUT2D eigenvalue weighted by Crippen LogP contribution is -2.70. The fourth-order valence-corrected chi connectivity index (χ4v) is 5.20. The summed E-state index contributed by atoms with van der Waals surface area (Å²) in [6.07, 6.45) is 2.00. The van der Waals surface area contributed by atoms with Gasteiger partial charge in [0, 0.05) is 18.6 Å². The van der Waals surface area contributed by atoms with Gasteiger partial charge in [-0.3, -0.25) is 9.69 Å². The smallest absolute Gasteiger partial charge is 0.313 e. The maximum Gasteiger partial charge on any atom is 0.313 e. The molecule has 2 bridgehead atoms. The fourth-order valence-electron chi connectivity index (χ4n) is 5.20. The van der Waals surface area contributed by atoms with Crippen LogP contribution < -0.4 is 0 Å². The Balaban J connectivity index is 1.95. The molecule has 5 unspecified atom stereocenters. The quantitative estimate of drug-likeness (QED) is 0.773. The van der Waals surface area contributed by atoms with Gasteiger partial charge in [-0.05, 0) is 50.5 Å². The third-order valence-electron chi connectivity index (χ3n) is 6.99. The third-order valence-corrected chi connectivity index (χ3v) is 6.99. The maximum absolute atomic E-state index is 12.8. The van der Waals surface area contributed by atoms with E-state index >= 15 is 0 Å². The van der Waals surface area contributed by atoms with E-state index < -0.39 is 5.41 Å². The molecule has 3 aliphatic rings. The molecule has 0 aromatic heterocycles. The van der Waals surface area contributed by atoms with Gasteiger partial charge in [-0.25, -0.2) is 0 Å². The van der Waals surface area contributed by atoms with Gasteiger partial charge in [0.1, 0.15) is 0 Å². The molecular weight excluding hydrogens is 298 g/mol. The highest BCUT2D eigenvalue weighted by molar-refractivity contribution is 5.78. The molecular formula is C21H31NO2. The number of carbonyl (C=O) groups is 1. The summed E-state index contributed by atoms with van der Waals surface area (Å²) < 4.78 is 5.49. The van der Waals surface area contributed by atoms with E-state index in [1.54, 1.807) is 0 Å². The van der Waals surface area contributed by atoms with Gasteiger partial charge in [0.05, 0.1) is 12.0 Å². The van der Waals surface area contributed by atoms with Crippen molar-refractivity contribution < 1.29 is 9.53 Å². The Labute approximate surface area is 146 Å². The Morgan fingerprint density at radius 3 is 2.54 bits per heavy atom. The van der Waals surface area contributed by atoms with Crippen LogP contribution in [0, 0.1) is 16.7 Å². The van der Waals surface area contributed by atoms with Crippen molar-refractivity contribution in [1.29, 1.82) is 0 Å². The molecule has 1 saturated carbocycles. The van der Waals surface area contributed by atoms with E-state index in [4.69, 9.17) is 4.74 Å². The Hall–Kier alpha value is -1.35. The van der Waals surface area contributed by atoms with E-state index in [1.807, 2.05) is 6.92 Å². The molecule has 3 fully saturated rings. The molecule has 3 heteroatoms. The average Bonchev–Trinajstić information content (AvgIpc) is 2.55. The van der Waals surface area contributed by atoms with Gasteiger partial charge in [-0.1, -0.05) is 44.2 Å². The van der Waals surface area contributed by atoms with Crippen LogP contribution in [0.25, 0.3) is 0 Å². The summed E-state index contributed by atoms with van der Waals surface area (Å²) in [6, 6.07) is 11.3. The third kappa shape index (κ3) is 2.57. The van der Waals surface area contributed by atoms with Gasteiger partial charge in [0.2, 0.25) is 0 Å². The van der Waals surface area contributed by atoms with Crippen LogP contribution in [0.3, 0.4) is 0 Å².